The van der Waals surface area contributed by atoms with Gasteiger partial charge in [0.15, 0.2) is 0 Å². The van der Waals surface area contributed by atoms with Crippen molar-refractivity contribution in [1.82, 2.24) is 4.90 Å². The summed E-state index contributed by atoms with van der Waals surface area (Å²) in [4.78, 5) is 14.5. The molecule has 132 valence electrons. The fourth-order valence-electron chi connectivity index (χ4n) is 3.32. The summed E-state index contributed by atoms with van der Waals surface area (Å²) in [6.45, 7) is 1.05. The number of ether oxygens (including phenoxy) is 1. The molecular weight excluding hydrogens is 319 g/mol. The van der Waals surface area contributed by atoms with Crippen molar-refractivity contribution in [1.29, 1.82) is 0 Å². The van der Waals surface area contributed by atoms with Crippen LogP contribution < -0.4 is 10.5 Å². The highest BCUT2D eigenvalue weighted by Gasteiger charge is 2.28. The molecule has 0 aliphatic carbocycles. The van der Waals surface area contributed by atoms with Crippen LogP contribution in [0.4, 0.5) is 4.39 Å². The molecule has 4 nitrogen and oxygen atoms in total. The minimum atomic E-state index is -0.500. The summed E-state index contributed by atoms with van der Waals surface area (Å²) in [5.41, 5.74) is 7.48. The normalized spacial score (nSPS) is 17.4. The van der Waals surface area contributed by atoms with Gasteiger partial charge in [-0.15, -0.1) is 0 Å². The molecule has 0 aromatic heterocycles. The zero-order chi connectivity index (χ0) is 17.8. The largest absolute Gasteiger partial charge is 0.497 e. The highest BCUT2D eigenvalue weighted by Crippen LogP contribution is 2.26. The molecule has 2 N–H and O–H groups in total. The van der Waals surface area contributed by atoms with Crippen molar-refractivity contribution in [3.63, 3.8) is 0 Å². The number of hydrogen-bond acceptors (Lipinski definition) is 3. The second kappa shape index (κ2) is 7.66. The van der Waals surface area contributed by atoms with Gasteiger partial charge in [-0.3, -0.25) is 4.79 Å². The molecule has 0 spiro atoms. The predicted molar refractivity (Wildman–Crippen MR) is 96.1 cm³/mol. The van der Waals surface area contributed by atoms with Crippen molar-refractivity contribution < 1.29 is 13.9 Å². The minimum absolute atomic E-state index is 0.00177. The molecule has 1 aliphatic heterocycles. The van der Waals surface area contributed by atoms with Gasteiger partial charge in [0, 0.05) is 19.1 Å². The van der Waals surface area contributed by atoms with Crippen molar-refractivity contribution in [3.8, 4) is 16.9 Å². The van der Waals surface area contributed by atoms with Gasteiger partial charge in [-0.05, 0) is 54.7 Å². The average molecular weight is 342 g/mol. The molecule has 0 radical (unpaired) electrons. The summed E-state index contributed by atoms with van der Waals surface area (Å²) < 4.78 is 19.7. The molecule has 1 fully saturated rings. The number of carbonyl (C=O) groups is 1. The molecule has 1 amide bonds. The smallest absolute Gasteiger partial charge is 0.257 e. The Balaban J connectivity index is 1.84. The van der Waals surface area contributed by atoms with Gasteiger partial charge in [-0.25, -0.2) is 4.39 Å². The average Bonchev–Trinajstić information content (AvgIpc) is 2.67. The maximum Gasteiger partial charge on any atom is 0.257 e. The first-order valence-electron chi connectivity index (χ1n) is 8.59. The quantitative estimate of drug-likeness (QED) is 0.926. The molecule has 1 atom stereocenters. The molecule has 25 heavy (non-hydrogen) atoms. The lowest BCUT2D eigenvalue weighted by molar-refractivity contribution is 0.0618. The van der Waals surface area contributed by atoms with Crippen LogP contribution in [0.1, 0.15) is 29.6 Å². The number of halogens is 1. The van der Waals surface area contributed by atoms with E-state index >= 15 is 0 Å². The summed E-state index contributed by atoms with van der Waals surface area (Å²) in [5, 5.41) is 0. The molecule has 5 heteroatoms. The van der Waals surface area contributed by atoms with Crippen molar-refractivity contribution in [2.75, 3.05) is 20.2 Å². The Hall–Kier alpha value is -2.40. The number of hydrogen-bond donors (Lipinski definition) is 1. The van der Waals surface area contributed by atoms with E-state index in [0.29, 0.717) is 13.1 Å². The maximum absolute atomic E-state index is 14.6. The highest BCUT2D eigenvalue weighted by molar-refractivity contribution is 5.95. The van der Waals surface area contributed by atoms with E-state index in [-0.39, 0.29) is 17.5 Å². The molecule has 0 saturated carbocycles. The fraction of sp³-hybridized carbons (Fsp3) is 0.350. The van der Waals surface area contributed by atoms with E-state index in [1.807, 2.05) is 24.3 Å². The Morgan fingerprint density at radius 3 is 2.56 bits per heavy atom. The first-order chi connectivity index (χ1) is 12.1. The Kier molecular flexibility index (Phi) is 5.34. The van der Waals surface area contributed by atoms with Crippen LogP contribution >= 0.6 is 0 Å². The van der Waals surface area contributed by atoms with Crippen molar-refractivity contribution in [3.05, 3.63) is 53.8 Å². The third-order valence-corrected chi connectivity index (χ3v) is 4.78. The number of nitrogens with zero attached hydrogens (tertiary/aromatic N) is 1. The lowest BCUT2D eigenvalue weighted by Gasteiger charge is -2.35. The van der Waals surface area contributed by atoms with Crippen LogP contribution in [0.2, 0.25) is 0 Å². The third-order valence-electron chi connectivity index (χ3n) is 4.78. The molecule has 3 rings (SSSR count). The van der Waals surface area contributed by atoms with Gasteiger partial charge in [0.05, 0.1) is 12.7 Å². The van der Waals surface area contributed by atoms with Crippen LogP contribution in [0, 0.1) is 5.82 Å². The van der Waals surface area contributed by atoms with E-state index in [9.17, 15) is 9.18 Å². The van der Waals surface area contributed by atoms with E-state index in [0.717, 1.165) is 36.1 Å². The fourth-order valence-corrected chi connectivity index (χ4v) is 3.32. The Labute approximate surface area is 147 Å². The van der Waals surface area contributed by atoms with Crippen molar-refractivity contribution >= 4 is 5.91 Å². The predicted octanol–water partition coefficient (Wildman–Crippen LogP) is 3.45. The lowest BCUT2D eigenvalue weighted by Crippen LogP contribution is -2.47. The van der Waals surface area contributed by atoms with E-state index in [2.05, 4.69) is 0 Å². The number of amides is 1. The summed E-state index contributed by atoms with van der Waals surface area (Å²) >= 11 is 0. The van der Waals surface area contributed by atoms with Gasteiger partial charge < -0.3 is 15.4 Å². The minimum Gasteiger partial charge on any atom is -0.497 e. The van der Waals surface area contributed by atoms with Gasteiger partial charge in [-0.1, -0.05) is 18.2 Å². The molecule has 1 saturated heterocycles. The highest BCUT2D eigenvalue weighted by atomic mass is 19.1. The second-order valence-electron chi connectivity index (χ2n) is 6.31. The molecular formula is C20H23FN2O2. The van der Waals surface area contributed by atoms with Crippen LogP contribution in [0.5, 0.6) is 5.75 Å². The lowest BCUT2D eigenvalue weighted by atomic mass is 9.99. The van der Waals surface area contributed by atoms with Crippen molar-refractivity contribution in [2.24, 2.45) is 5.73 Å². The zero-order valence-corrected chi connectivity index (χ0v) is 14.4. The number of rotatable bonds is 4. The number of piperidine rings is 1. The Morgan fingerprint density at radius 2 is 1.92 bits per heavy atom. The SMILES string of the molecule is COc1ccc(-c2ccc(C(=O)N3CCCCC3CN)c(F)c2)cc1. The zero-order valence-electron chi connectivity index (χ0n) is 14.4. The van der Waals surface area contributed by atoms with Crippen LogP contribution in [-0.2, 0) is 0 Å². The van der Waals surface area contributed by atoms with Gasteiger partial charge in [0.25, 0.3) is 5.91 Å². The molecule has 0 bridgehead atoms. The number of benzene rings is 2. The second-order valence-corrected chi connectivity index (χ2v) is 6.31. The topological polar surface area (TPSA) is 55.6 Å². The molecule has 2 aromatic carbocycles. The van der Waals surface area contributed by atoms with Crippen LogP contribution in [-0.4, -0.2) is 37.0 Å². The van der Waals surface area contributed by atoms with E-state index in [1.165, 1.54) is 6.07 Å². The summed E-state index contributed by atoms with van der Waals surface area (Å²) in [6, 6.07) is 12.1. The Bertz CT molecular complexity index is 746. The molecule has 2 aromatic rings. The van der Waals surface area contributed by atoms with E-state index in [1.54, 1.807) is 24.1 Å². The molecule has 1 heterocycles. The van der Waals surface area contributed by atoms with Crippen molar-refractivity contribution in [2.45, 2.75) is 25.3 Å². The van der Waals surface area contributed by atoms with E-state index in [4.69, 9.17) is 10.5 Å². The van der Waals surface area contributed by atoms with Crippen LogP contribution in [0.15, 0.2) is 42.5 Å². The standard InChI is InChI=1S/C20H23FN2O2/c1-25-17-8-5-14(6-9-17)15-7-10-18(19(21)12-15)20(24)23-11-3-2-4-16(23)13-22/h5-10,12,16H,2-4,11,13,22H2,1H3. The summed E-state index contributed by atoms with van der Waals surface area (Å²) in [6.07, 6.45) is 2.88. The van der Waals surface area contributed by atoms with Crippen LogP contribution in [0.3, 0.4) is 0 Å². The number of methoxy groups -OCH3 is 1. The molecule has 1 aliphatic rings. The number of nitrogens with two attached hydrogens (primary N) is 1. The van der Waals surface area contributed by atoms with Crippen LogP contribution in [0.25, 0.3) is 11.1 Å². The van der Waals surface area contributed by atoms with Gasteiger partial charge in [0.1, 0.15) is 11.6 Å². The third kappa shape index (κ3) is 3.66. The van der Waals surface area contributed by atoms with Gasteiger partial charge in [0.2, 0.25) is 0 Å². The monoisotopic (exact) mass is 342 g/mol. The van der Waals surface area contributed by atoms with E-state index < -0.39 is 5.82 Å². The first kappa shape index (κ1) is 17.4. The van der Waals surface area contributed by atoms with Gasteiger partial charge in [-0.2, -0.15) is 0 Å². The number of carbonyl (C=O) groups excluding carboxylic acids is 1. The number of likely N-dealkylation sites (tertiary alicyclic amines) is 1. The first-order valence-corrected chi connectivity index (χ1v) is 8.59. The molecule has 1 unspecified atom stereocenters. The summed E-state index contributed by atoms with van der Waals surface area (Å²) in [5.74, 6) is -0.0254. The maximum atomic E-state index is 14.6. The summed E-state index contributed by atoms with van der Waals surface area (Å²) in [7, 11) is 1.60. The van der Waals surface area contributed by atoms with Gasteiger partial charge >= 0.3 is 0 Å². The Morgan fingerprint density at radius 1 is 1.20 bits per heavy atom.